The molecule has 1 saturated carbocycles. The first-order valence-electron chi connectivity index (χ1n) is 7.49. The average Bonchev–Trinajstić information content (AvgIpc) is 3.16. The van der Waals surface area contributed by atoms with Crippen molar-refractivity contribution >= 4 is 34.1 Å². The molecule has 0 aliphatic heterocycles. The second-order valence-electron chi connectivity index (χ2n) is 6.09. The first kappa shape index (κ1) is 15.6. The Balaban J connectivity index is 1.88. The summed E-state index contributed by atoms with van der Waals surface area (Å²) in [5, 5.41) is 0.754. The molecule has 3 rings (SSSR count). The fourth-order valence-electron chi connectivity index (χ4n) is 3.07. The molecule has 0 aromatic carbocycles. The molecule has 2 aliphatic carbocycles. The summed E-state index contributed by atoms with van der Waals surface area (Å²) in [5.74, 6) is 1.58. The molecule has 0 amide bonds. The maximum atomic E-state index is 6.37. The van der Waals surface area contributed by atoms with Crippen LogP contribution in [-0.4, -0.2) is 16.2 Å². The Morgan fingerprint density at radius 3 is 2.95 bits per heavy atom. The van der Waals surface area contributed by atoms with Gasteiger partial charge in [0.05, 0.1) is 28.5 Å². The number of nitrogens with two attached hydrogens (primary N) is 1. The van der Waals surface area contributed by atoms with E-state index in [1.807, 2.05) is 6.92 Å². The number of allylic oxidation sites excluding steroid dienone is 2. The van der Waals surface area contributed by atoms with E-state index in [2.05, 4.69) is 29.1 Å². The van der Waals surface area contributed by atoms with Crippen LogP contribution in [0.5, 0.6) is 0 Å². The molecule has 1 unspecified atom stereocenters. The molecule has 116 valence electrons. The molecule has 3 nitrogen and oxygen atoms in total. The van der Waals surface area contributed by atoms with E-state index >= 15 is 0 Å². The monoisotopic (exact) mass is 335 g/mol. The van der Waals surface area contributed by atoms with E-state index in [1.165, 1.54) is 30.0 Å². The molecule has 2 N–H and O–H groups in total. The summed E-state index contributed by atoms with van der Waals surface area (Å²) in [6.45, 7) is 4.20. The van der Waals surface area contributed by atoms with Crippen LogP contribution in [0.25, 0.3) is 0 Å². The molecule has 5 heteroatoms. The van der Waals surface area contributed by atoms with Crippen LogP contribution in [0.2, 0.25) is 5.02 Å². The van der Waals surface area contributed by atoms with Gasteiger partial charge in [-0.15, -0.1) is 0 Å². The third kappa shape index (κ3) is 3.06. The molecule has 0 radical (unpaired) electrons. The third-order valence-corrected chi connectivity index (χ3v) is 5.00. The lowest BCUT2D eigenvalue weighted by Crippen LogP contribution is -2.09. The highest BCUT2D eigenvalue weighted by atomic mass is 35.5. The maximum absolute atomic E-state index is 6.37. The number of anilines is 1. The van der Waals surface area contributed by atoms with E-state index in [0.29, 0.717) is 21.4 Å². The van der Waals surface area contributed by atoms with Crippen molar-refractivity contribution in [1.29, 1.82) is 0 Å². The van der Waals surface area contributed by atoms with Gasteiger partial charge in [0.25, 0.3) is 0 Å². The first-order valence-corrected chi connectivity index (χ1v) is 8.24. The van der Waals surface area contributed by atoms with Gasteiger partial charge in [-0.25, -0.2) is 0 Å². The van der Waals surface area contributed by atoms with Crippen molar-refractivity contribution < 1.29 is 0 Å². The standard InChI is InChI=1S/C17H19Cl2N3/c1-9-5-12-6-11(12)3-4-13(9)10(2)22-17(19)16-14(18)7-21-8-15(16)20/h4-5,7-8,10-12H,3,6,20H2,1-2H3/b22-17+/t10?,11-,12-/m0/s1. The van der Waals surface area contributed by atoms with E-state index in [1.54, 1.807) is 0 Å². The van der Waals surface area contributed by atoms with E-state index in [4.69, 9.17) is 28.9 Å². The van der Waals surface area contributed by atoms with Crippen LogP contribution in [-0.2, 0) is 0 Å². The van der Waals surface area contributed by atoms with Crippen LogP contribution in [0, 0.1) is 11.8 Å². The summed E-state index contributed by atoms with van der Waals surface area (Å²) >= 11 is 12.5. The Kier molecular flexibility index (Phi) is 4.28. The minimum atomic E-state index is -0.0233. The second kappa shape index (κ2) is 6.05. The number of hydrogen-bond donors (Lipinski definition) is 1. The van der Waals surface area contributed by atoms with Crippen LogP contribution in [0.1, 0.15) is 32.3 Å². The fraction of sp³-hybridized carbons (Fsp3) is 0.412. The fourth-order valence-corrected chi connectivity index (χ4v) is 3.74. The van der Waals surface area contributed by atoms with Crippen LogP contribution >= 0.6 is 23.2 Å². The van der Waals surface area contributed by atoms with E-state index in [9.17, 15) is 0 Å². The Labute approximate surface area is 140 Å². The Morgan fingerprint density at radius 1 is 1.45 bits per heavy atom. The average molecular weight is 336 g/mol. The SMILES string of the molecule is CC1=C[C@H]2C[C@@H]2CC=C1C(C)/N=C(/Cl)c1c(N)cncc1Cl. The predicted molar refractivity (Wildman–Crippen MR) is 93.6 cm³/mol. The van der Waals surface area contributed by atoms with Gasteiger partial charge < -0.3 is 5.73 Å². The Hall–Kier alpha value is -1.32. The van der Waals surface area contributed by atoms with Gasteiger partial charge in [0, 0.05) is 6.20 Å². The van der Waals surface area contributed by atoms with Crippen molar-refractivity contribution in [3.8, 4) is 0 Å². The number of aliphatic imine (C=N–C) groups is 1. The lowest BCUT2D eigenvalue weighted by Gasteiger charge is -2.14. The van der Waals surface area contributed by atoms with Crippen LogP contribution in [0.3, 0.4) is 0 Å². The topological polar surface area (TPSA) is 51.3 Å². The summed E-state index contributed by atoms with van der Waals surface area (Å²) in [7, 11) is 0. The van der Waals surface area contributed by atoms with Crippen molar-refractivity contribution in [1.82, 2.24) is 4.98 Å². The van der Waals surface area contributed by atoms with Crippen LogP contribution < -0.4 is 5.73 Å². The molecular weight excluding hydrogens is 317 g/mol. The van der Waals surface area contributed by atoms with Crippen LogP contribution in [0.4, 0.5) is 5.69 Å². The van der Waals surface area contributed by atoms with Gasteiger partial charge in [-0.05, 0) is 49.7 Å². The normalized spacial score (nSPS) is 25.7. The smallest absolute Gasteiger partial charge is 0.135 e. The molecule has 1 aromatic rings. The van der Waals surface area contributed by atoms with E-state index < -0.39 is 0 Å². The summed E-state index contributed by atoms with van der Waals surface area (Å²) < 4.78 is 0. The zero-order valence-electron chi connectivity index (χ0n) is 12.7. The number of halogens is 2. The Bertz CT molecular complexity index is 671. The second-order valence-corrected chi connectivity index (χ2v) is 6.85. The van der Waals surface area contributed by atoms with E-state index in [-0.39, 0.29) is 6.04 Å². The lowest BCUT2D eigenvalue weighted by molar-refractivity contribution is 0.803. The molecule has 0 bridgehead atoms. The highest BCUT2D eigenvalue weighted by molar-refractivity contribution is 6.71. The van der Waals surface area contributed by atoms with Gasteiger partial charge in [-0.1, -0.05) is 35.4 Å². The van der Waals surface area contributed by atoms with Crippen molar-refractivity contribution in [2.75, 3.05) is 5.73 Å². The zero-order valence-corrected chi connectivity index (χ0v) is 14.2. The van der Waals surface area contributed by atoms with Gasteiger partial charge >= 0.3 is 0 Å². The van der Waals surface area contributed by atoms with Gasteiger partial charge in [-0.3, -0.25) is 9.98 Å². The molecular formula is C17H19Cl2N3. The zero-order chi connectivity index (χ0) is 15.9. The van der Waals surface area contributed by atoms with Crippen molar-refractivity contribution in [3.05, 3.63) is 46.3 Å². The molecule has 0 spiro atoms. The highest BCUT2D eigenvalue weighted by Gasteiger charge is 2.36. The van der Waals surface area contributed by atoms with E-state index in [0.717, 1.165) is 18.3 Å². The summed E-state index contributed by atoms with van der Waals surface area (Å²) in [5.41, 5.74) is 9.46. The quantitative estimate of drug-likeness (QED) is 0.820. The molecule has 3 atom stereocenters. The number of hydrogen-bond acceptors (Lipinski definition) is 3. The van der Waals surface area contributed by atoms with Gasteiger partial charge in [0.2, 0.25) is 0 Å². The number of nitrogens with zero attached hydrogens (tertiary/aromatic N) is 2. The minimum absolute atomic E-state index is 0.0233. The predicted octanol–water partition coefficient (Wildman–Crippen LogP) is 4.60. The third-order valence-electron chi connectivity index (χ3n) is 4.43. The first-order chi connectivity index (χ1) is 10.5. The van der Waals surface area contributed by atoms with Crippen molar-refractivity contribution in [2.24, 2.45) is 16.8 Å². The Morgan fingerprint density at radius 2 is 2.23 bits per heavy atom. The highest BCUT2D eigenvalue weighted by Crippen LogP contribution is 2.46. The lowest BCUT2D eigenvalue weighted by atomic mass is 10.00. The number of aromatic nitrogens is 1. The summed E-state index contributed by atoms with van der Waals surface area (Å²) in [6, 6.07) is -0.0233. The van der Waals surface area contributed by atoms with Gasteiger partial charge in [-0.2, -0.15) is 0 Å². The number of fused-ring (bicyclic) bond motifs is 1. The summed E-state index contributed by atoms with van der Waals surface area (Å²) in [4.78, 5) is 8.55. The van der Waals surface area contributed by atoms with Gasteiger partial charge in [0.1, 0.15) is 5.17 Å². The molecule has 1 heterocycles. The molecule has 0 saturated heterocycles. The molecule has 22 heavy (non-hydrogen) atoms. The number of nitrogen functional groups attached to an aromatic ring is 1. The van der Waals surface area contributed by atoms with Crippen LogP contribution in [0.15, 0.2) is 40.7 Å². The molecule has 2 aliphatic rings. The minimum Gasteiger partial charge on any atom is -0.397 e. The van der Waals surface area contributed by atoms with Crippen molar-refractivity contribution in [2.45, 2.75) is 32.7 Å². The maximum Gasteiger partial charge on any atom is 0.135 e. The number of pyridine rings is 1. The largest absolute Gasteiger partial charge is 0.397 e. The summed E-state index contributed by atoms with van der Waals surface area (Å²) in [6.07, 6.45) is 10.2. The molecule has 1 aromatic heterocycles. The number of rotatable bonds is 3. The molecule has 1 fully saturated rings. The van der Waals surface area contributed by atoms with Gasteiger partial charge in [0.15, 0.2) is 0 Å². The van der Waals surface area contributed by atoms with Crippen molar-refractivity contribution in [3.63, 3.8) is 0 Å².